The molecular weight excluding hydrogens is 282 g/mol. The molecule has 1 fully saturated rings. The smallest absolute Gasteiger partial charge is 0.274 e. The summed E-state index contributed by atoms with van der Waals surface area (Å²) in [7, 11) is 1.61. The zero-order valence-corrected chi connectivity index (χ0v) is 12.6. The minimum Gasteiger partial charge on any atom is -0.382 e. The van der Waals surface area contributed by atoms with Crippen LogP contribution in [0.15, 0.2) is 12.5 Å². The van der Waals surface area contributed by atoms with Gasteiger partial charge in [0.05, 0.1) is 23.3 Å². The third-order valence-corrected chi connectivity index (χ3v) is 3.27. The van der Waals surface area contributed by atoms with Crippen LogP contribution in [0.5, 0.6) is 0 Å². The highest BCUT2D eigenvalue weighted by molar-refractivity contribution is 6.33. The highest BCUT2D eigenvalue weighted by atomic mass is 35.5. The first-order valence-corrected chi connectivity index (χ1v) is 6.72. The van der Waals surface area contributed by atoms with Crippen molar-refractivity contribution in [3.05, 3.63) is 23.2 Å². The lowest BCUT2D eigenvalue weighted by molar-refractivity contribution is -0.143. The van der Waals surface area contributed by atoms with Crippen LogP contribution in [0.3, 0.4) is 0 Å². The summed E-state index contributed by atoms with van der Waals surface area (Å²) in [6, 6.07) is 0. The number of hydrogen-bond donors (Lipinski definition) is 0. The van der Waals surface area contributed by atoms with Crippen LogP contribution in [0.2, 0.25) is 5.02 Å². The van der Waals surface area contributed by atoms with Gasteiger partial charge in [-0.1, -0.05) is 11.6 Å². The van der Waals surface area contributed by atoms with Crippen molar-refractivity contribution in [2.24, 2.45) is 0 Å². The van der Waals surface area contributed by atoms with Gasteiger partial charge in [-0.15, -0.1) is 0 Å². The molecule has 1 saturated heterocycles. The second-order valence-corrected chi connectivity index (χ2v) is 5.77. The average Bonchev–Trinajstić information content (AvgIpc) is 2.37. The van der Waals surface area contributed by atoms with Crippen LogP contribution in [0.1, 0.15) is 24.3 Å². The van der Waals surface area contributed by atoms with Gasteiger partial charge in [-0.3, -0.25) is 4.79 Å². The molecule has 2 rings (SSSR count). The van der Waals surface area contributed by atoms with E-state index in [4.69, 9.17) is 21.1 Å². The van der Waals surface area contributed by atoms with Gasteiger partial charge < -0.3 is 14.4 Å². The van der Waals surface area contributed by atoms with Gasteiger partial charge in [0, 0.05) is 26.4 Å². The third kappa shape index (κ3) is 3.45. The van der Waals surface area contributed by atoms with Crippen molar-refractivity contribution in [2.45, 2.75) is 25.6 Å². The minimum atomic E-state index is -0.434. The summed E-state index contributed by atoms with van der Waals surface area (Å²) in [6.07, 6.45) is 2.57. The molecular formula is C13H18ClN3O3. The van der Waals surface area contributed by atoms with E-state index in [1.165, 1.54) is 12.5 Å². The normalized spacial score (nSPS) is 21.8. The number of nitrogens with zero attached hydrogens (tertiary/aromatic N) is 3. The monoisotopic (exact) mass is 299 g/mol. The topological polar surface area (TPSA) is 64.5 Å². The third-order valence-electron chi connectivity index (χ3n) is 2.99. The Morgan fingerprint density at radius 1 is 1.65 bits per heavy atom. The van der Waals surface area contributed by atoms with Gasteiger partial charge in [0.15, 0.2) is 0 Å². The molecule has 0 spiro atoms. The van der Waals surface area contributed by atoms with Gasteiger partial charge in [0.25, 0.3) is 5.91 Å². The van der Waals surface area contributed by atoms with Crippen molar-refractivity contribution in [3.8, 4) is 0 Å². The molecule has 0 N–H and O–H groups in total. The highest BCUT2D eigenvalue weighted by Crippen LogP contribution is 2.23. The molecule has 0 aliphatic carbocycles. The number of aromatic nitrogens is 2. The number of carbonyl (C=O) groups is 1. The van der Waals surface area contributed by atoms with Gasteiger partial charge in [0.2, 0.25) is 0 Å². The molecule has 110 valence electrons. The van der Waals surface area contributed by atoms with Crippen molar-refractivity contribution >= 4 is 17.5 Å². The van der Waals surface area contributed by atoms with Crippen molar-refractivity contribution in [1.82, 2.24) is 14.9 Å². The maximum absolute atomic E-state index is 12.5. The Morgan fingerprint density at radius 2 is 2.40 bits per heavy atom. The van der Waals surface area contributed by atoms with Gasteiger partial charge in [-0.25, -0.2) is 9.97 Å². The molecule has 2 heterocycles. The van der Waals surface area contributed by atoms with Gasteiger partial charge in [-0.05, 0) is 13.8 Å². The Balaban J connectivity index is 2.18. The Morgan fingerprint density at radius 3 is 3.05 bits per heavy atom. The Hall–Kier alpha value is -1.24. The number of ether oxygens (including phenoxy) is 2. The lowest BCUT2D eigenvalue weighted by atomic mass is 10.0. The highest BCUT2D eigenvalue weighted by Gasteiger charge is 2.36. The predicted octanol–water partition coefficient (Wildman–Crippen LogP) is 1.40. The van der Waals surface area contributed by atoms with Crippen LogP contribution in [0, 0.1) is 0 Å². The molecule has 1 aromatic heterocycles. The van der Waals surface area contributed by atoms with Gasteiger partial charge in [0.1, 0.15) is 12.0 Å². The zero-order valence-electron chi connectivity index (χ0n) is 11.8. The van der Waals surface area contributed by atoms with E-state index >= 15 is 0 Å². The molecule has 1 aliphatic heterocycles. The second-order valence-electron chi connectivity index (χ2n) is 5.36. The van der Waals surface area contributed by atoms with Gasteiger partial charge >= 0.3 is 0 Å². The Kier molecular flexibility index (Phi) is 4.57. The van der Waals surface area contributed by atoms with E-state index in [0.29, 0.717) is 19.7 Å². The number of hydrogen-bond acceptors (Lipinski definition) is 5. The van der Waals surface area contributed by atoms with Crippen LogP contribution < -0.4 is 0 Å². The maximum Gasteiger partial charge on any atom is 0.274 e. The lowest BCUT2D eigenvalue weighted by Crippen LogP contribution is -2.55. The summed E-state index contributed by atoms with van der Waals surface area (Å²) in [4.78, 5) is 22.0. The Labute approximate surface area is 123 Å². The summed E-state index contributed by atoms with van der Waals surface area (Å²) >= 11 is 5.98. The fourth-order valence-electron chi connectivity index (χ4n) is 2.34. The molecule has 1 amide bonds. The first kappa shape index (κ1) is 15.2. The minimum absolute atomic E-state index is 0.159. The van der Waals surface area contributed by atoms with Crippen molar-refractivity contribution < 1.29 is 14.3 Å². The van der Waals surface area contributed by atoms with E-state index in [0.717, 1.165) is 0 Å². The maximum atomic E-state index is 12.5. The van der Waals surface area contributed by atoms with Crippen LogP contribution >= 0.6 is 11.6 Å². The first-order chi connectivity index (χ1) is 9.43. The quantitative estimate of drug-likeness (QED) is 0.844. The van der Waals surface area contributed by atoms with Crippen molar-refractivity contribution in [2.75, 3.05) is 26.8 Å². The number of methoxy groups -OCH3 is 1. The molecule has 7 heteroatoms. The van der Waals surface area contributed by atoms with E-state index in [1.807, 2.05) is 13.8 Å². The molecule has 0 aromatic carbocycles. The molecule has 1 aromatic rings. The molecule has 6 nitrogen and oxygen atoms in total. The zero-order chi connectivity index (χ0) is 14.8. The van der Waals surface area contributed by atoms with Crippen LogP contribution in [-0.2, 0) is 9.47 Å². The first-order valence-electron chi connectivity index (χ1n) is 6.34. The number of halogens is 1. The van der Waals surface area contributed by atoms with Crippen LogP contribution in [0.25, 0.3) is 0 Å². The lowest BCUT2D eigenvalue weighted by Gasteiger charge is -2.42. The average molecular weight is 300 g/mol. The van der Waals surface area contributed by atoms with Gasteiger partial charge in [-0.2, -0.15) is 0 Å². The van der Waals surface area contributed by atoms with E-state index in [2.05, 4.69) is 9.97 Å². The molecule has 0 bridgehead atoms. The summed E-state index contributed by atoms with van der Waals surface area (Å²) < 4.78 is 11.0. The number of carbonyl (C=O) groups excluding carboxylic acids is 1. The van der Waals surface area contributed by atoms with Crippen LogP contribution in [0.4, 0.5) is 0 Å². The predicted molar refractivity (Wildman–Crippen MR) is 73.8 cm³/mol. The van der Waals surface area contributed by atoms with Crippen LogP contribution in [-0.4, -0.2) is 59.3 Å². The number of amides is 1. The summed E-state index contributed by atoms with van der Waals surface area (Å²) in [5, 5.41) is 0.255. The summed E-state index contributed by atoms with van der Waals surface area (Å²) in [6.45, 7) is 5.25. The van der Waals surface area contributed by atoms with E-state index in [-0.39, 0.29) is 22.7 Å². The second kappa shape index (κ2) is 6.03. The fraction of sp³-hybridized carbons (Fsp3) is 0.615. The van der Waals surface area contributed by atoms with E-state index in [9.17, 15) is 4.79 Å². The fourth-order valence-corrected chi connectivity index (χ4v) is 2.53. The van der Waals surface area contributed by atoms with E-state index in [1.54, 1.807) is 12.0 Å². The molecule has 20 heavy (non-hydrogen) atoms. The molecule has 1 atom stereocenters. The SMILES string of the molecule is COC[C@H]1CN(C(=O)c2ncncc2Cl)CC(C)(C)O1. The number of morpholine rings is 1. The standard InChI is InChI=1S/C13H18ClN3O3/c1-13(2)7-17(5-9(20-13)6-19-3)12(18)11-10(14)4-15-8-16-11/h4,8-9H,5-7H2,1-3H3/t9-/m1/s1. The Bertz CT molecular complexity index is 496. The largest absolute Gasteiger partial charge is 0.382 e. The molecule has 0 saturated carbocycles. The number of rotatable bonds is 3. The molecule has 0 radical (unpaired) electrons. The summed E-state index contributed by atoms with van der Waals surface area (Å²) in [5.74, 6) is -0.213. The van der Waals surface area contributed by atoms with Crippen molar-refractivity contribution in [1.29, 1.82) is 0 Å². The molecule has 0 unspecified atom stereocenters. The van der Waals surface area contributed by atoms with E-state index < -0.39 is 5.60 Å². The van der Waals surface area contributed by atoms with Crippen molar-refractivity contribution in [3.63, 3.8) is 0 Å². The molecule has 1 aliphatic rings. The summed E-state index contributed by atoms with van der Waals surface area (Å²) in [5.41, 5.74) is -0.216.